The highest BCUT2D eigenvalue weighted by atomic mass is 35.5. The molecule has 0 saturated heterocycles. The highest BCUT2D eigenvalue weighted by Gasteiger charge is 2.17. The Morgan fingerprint density at radius 1 is 0.971 bits per heavy atom. The van der Waals surface area contributed by atoms with Crippen molar-refractivity contribution in [3.63, 3.8) is 0 Å². The molecule has 0 saturated carbocycles. The van der Waals surface area contributed by atoms with Crippen LogP contribution in [0.15, 0.2) is 71.8 Å². The number of ether oxygens (including phenoxy) is 2. The van der Waals surface area contributed by atoms with Gasteiger partial charge in [-0.2, -0.15) is 5.10 Å². The van der Waals surface area contributed by atoms with E-state index in [1.54, 1.807) is 56.7 Å². The molecule has 1 heterocycles. The van der Waals surface area contributed by atoms with Gasteiger partial charge in [0.15, 0.2) is 0 Å². The maximum atomic E-state index is 12.7. The van der Waals surface area contributed by atoms with Gasteiger partial charge in [-0.3, -0.25) is 9.59 Å². The Morgan fingerprint density at radius 2 is 1.74 bits per heavy atom. The summed E-state index contributed by atoms with van der Waals surface area (Å²) in [6.07, 6.45) is 1.49. The Labute approximate surface area is 205 Å². The second kappa shape index (κ2) is 10.4. The molecule has 4 aromatic rings. The third-order valence-electron chi connectivity index (χ3n) is 4.96. The van der Waals surface area contributed by atoms with Crippen molar-refractivity contribution < 1.29 is 19.1 Å². The van der Waals surface area contributed by atoms with Gasteiger partial charge in [0.25, 0.3) is 11.8 Å². The maximum Gasteiger partial charge on any atom is 0.271 e. The number of rotatable bonds is 7. The fourth-order valence-corrected chi connectivity index (χ4v) is 4.62. The molecule has 0 fully saturated rings. The Balaban J connectivity index is 1.39. The molecule has 0 aliphatic carbocycles. The van der Waals surface area contributed by atoms with Crippen LogP contribution in [0.1, 0.15) is 25.6 Å². The minimum atomic E-state index is -0.394. The number of nitrogens with zero attached hydrogens (tertiary/aromatic N) is 1. The molecule has 0 aliphatic rings. The molecule has 4 rings (SSSR count). The predicted octanol–water partition coefficient (Wildman–Crippen LogP) is 5.59. The lowest BCUT2D eigenvalue weighted by atomic mass is 10.2. The molecule has 0 unspecified atom stereocenters. The smallest absolute Gasteiger partial charge is 0.271 e. The number of hydrazone groups is 1. The zero-order valence-electron chi connectivity index (χ0n) is 18.3. The molecular formula is C25H20ClN3O4S. The number of benzene rings is 3. The largest absolute Gasteiger partial charge is 0.497 e. The van der Waals surface area contributed by atoms with Crippen molar-refractivity contribution in [2.24, 2.45) is 5.10 Å². The molecule has 3 aromatic carbocycles. The van der Waals surface area contributed by atoms with Gasteiger partial charge in [-0.25, -0.2) is 5.43 Å². The Bertz CT molecular complexity index is 1380. The van der Waals surface area contributed by atoms with Gasteiger partial charge in [-0.1, -0.05) is 29.8 Å². The highest BCUT2D eigenvalue weighted by molar-refractivity contribution is 7.21. The molecule has 0 bridgehead atoms. The number of hydrogen-bond donors (Lipinski definition) is 2. The molecule has 1 aromatic heterocycles. The number of halogens is 1. The van der Waals surface area contributed by atoms with E-state index < -0.39 is 5.91 Å². The average Bonchev–Trinajstić information content (AvgIpc) is 3.21. The van der Waals surface area contributed by atoms with Gasteiger partial charge in [-0.05, 0) is 42.5 Å². The molecular weight excluding hydrogens is 474 g/mol. The summed E-state index contributed by atoms with van der Waals surface area (Å²) in [4.78, 5) is 25.5. The van der Waals surface area contributed by atoms with Crippen LogP contribution in [0.2, 0.25) is 5.02 Å². The van der Waals surface area contributed by atoms with E-state index in [9.17, 15) is 9.59 Å². The Morgan fingerprint density at radius 3 is 2.44 bits per heavy atom. The molecule has 0 radical (unpaired) electrons. The third-order valence-corrected chi connectivity index (χ3v) is 6.63. The molecule has 0 atom stereocenters. The summed E-state index contributed by atoms with van der Waals surface area (Å²) in [6.45, 7) is 0. The lowest BCUT2D eigenvalue weighted by molar-refractivity contribution is 0.0954. The number of anilines is 1. The summed E-state index contributed by atoms with van der Waals surface area (Å²) in [6, 6.07) is 19.3. The van der Waals surface area contributed by atoms with Crippen molar-refractivity contribution in [2.45, 2.75) is 0 Å². The van der Waals surface area contributed by atoms with E-state index >= 15 is 0 Å². The van der Waals surface area contributed by atoms with E-state index in [2.05, 4.69) is 15.8 Å². The monoisotopic (exact) mass is 493 g/mol. The fraction of sp³-hybridized carbons (Fsp3) is 0.0800. The number of amides is 2. The number of carbonyl (C=O) groups excluding carboxylic acids is 2. The van der Waals surface area contributed by atoms with Gasteiger partial charge < -0.3 is 14.8 Å². The van der Waals surface area contributed by atoms with Gasteiger partial charge in [-0.15, -0.1) is 11.3 Å². The minimum absolute atomic E-state index is 0.304. The van der Waals surface area contributed by atoms with Crippen molar-refractivity contribution in [1.82, 2.24) is 5.43 Å². The number of nitrogens with one attached hydrogen (secondary N) is 2. The molecule has 7 nitrogen and oxygen atoms in total. The number of methoxy groups -OCH3 is 2. The maximum absolute atomic E-state index is 12.7. The fourth-order valence-electron chi connectivity index (χ4n) is 3.20. The summed E-state index contributed by atoms with van der Waals surface area (Å²) in [5.74, 6) is 0.520. The van der Waals surface area contributed by atoms with E-state index in [0.29, 0.717) is 38.2 Å². The van der Waals surface area contributed by atoms with Crippen LogP contribution >= 0.6 is 22.9 Å². The van der Waals surface area contributed by atoms with Crippen LogP contribution in [-0.4, -0.2) is 32.2 Å². The first-order valence-electron chi connectivity index (χ1n) is 10.1. The molecule has 2 amide bonds. The van der Waals surface area contributed by atoms with Crippen molar-refractivity contribution in [2.75, 3.05) is 19.5 Å². The van der Waals surface area contributed by atoms with Crippen molar-refractivity contribution >= 4 is 56.7 Å². The Hall–Kier alpha value is -3.88. The standard InChI is InChI=1S/C25H20ClN3O4S/c1-32-18-12-9-16(20(13-18)33-2)14-27-29-24(30)15-7-10-17(11-8-15)28-25(31)23-22(26)19-5-3-4-6-21(19)34-23/h3-14H,1-2H3,(H,28,31)(H,29,30)/b27-14-. The minimum Gasteiger partial charge on any atom is -0.497 e. The highest BCUT2D eigenvalue weighted by Crippen LogP contribution is 2.35. The molecule has 9 heteroatoms. The van der Waals surface area contributed by atoms with E-state index in [4.69, 9.17) is 21.1 Å². The van der Waals surface area contributed by atoms with Crippen LogP contribution in [0.5, 0.6) is 11.5 Å². The van der Waals surface area contributed by atoms with Crippen LogP contribution in [0.4, 0.5) is 5.69 Å². The van der Waals surface area contributed by atoms with Crippen LogP contribution in [0.25, 0.3) is 10.1 Å². The number of thiophene rings is 1. The molecule has 0 aliphatic heterocycles. The van der Waals surface area contributed by atoms with Crippen LogP contribution in [-0.2, 0) is 0 Å². The predicted molar refractivity (Wildman–Crippen MR) is 136 cm³/mol. The lowest BCUT2D eigenvalue weighted by Gasteiger charge is -2.07. The first kappa shape index (κ1) is 23.3. The van der Waals surface area contributed by atoms with Crippen molar-refractivity contribution in [3.05, 3.63) is 87.8 Å². The van der Waals surface area contributed by atoms with Gasteiger partial charge in [0, 0.05) is 33.0 Å². The van der Waals surface area contributed by atoms with E-state index in [-0.39, 0.29) is 5.91 Å². The second-order valence-corrected chi connectivity index (χ2v) is 8.51. The average molecular weight is 494 g/mol. The SMILES string of the molecule is COc1ccc(/C=N\NC(=O)c2ccc(NC(=O)c3sc4ccccc4c3Cl)cc2)c(OC)c1. The van der Waals surface area contributed by atoms with E-state index in [1.807, 2.05) is 24.3 Å². The first-order chi connectivity index (χ1) is 16.5. The van der Waals surface area contributed by atoms with Gasteiger partial charge in [0.2, 0.25) is 0 Å². The zero-order chi connectivity index (χ0) is 24.1. The van der Waals surface area contributed by atoms with Crippen molar-refractivity contribution in [1.29, 1.82) is 0 Å². The first-order valence-corrected chi connectivity index (χ1v) is 11.3. The van der Waals surface area contributed by atoms with Gasteiger partial charge >= 0.3 is 0 Å². The molecule has 0 spiro atoms. The molecule has 2 N–H and O–H groups in total. The number of hydrogen-bond acceptors (Lipinski definition) is 6. The summed E-state index contributed by atoms with van der Waals surface area (Å²) in [5, 5.41) is 8.09. The number of carbonyl (C=O) groups is 2. The summed E-state index contributed by atoms with van der Waals surface area (Å²) < 4.78 is 11.4. The summed E-state index contributed by atoms with van der Waals surface area (Å²) in [7, 11) is 3.11. The summed E-state index contributed by atoms with van der Waals surface area (Å²) in [5.41, 5.74) is 4.09. The Kier molecular flexibility index (Phi) is 7.10. The van der Waals surface area contributed by atoms with Crippen LogP contribution in [0, 0.1) is 0 Å². The van der Waals surface area contributed by atoms with Gasteiger partial charge in [0.05, 0.1) is 25.5 Å². The third kappa shape index (κ3) is 5.03. The molecule has 34 heavy (non-hydrogen) atoms. The van der Waals surface area contributed by atoms with E-state index in [0.717, 1.165) is 10.1 Å². The van der Waals surface area contributed by atoms with E-state index in [1.165, 1.54) is 17.6 Å². The second-order valence-electron chi connectivity index (χ2n) is 7.08. The van der Waals surface area contributed by atoms with Crippen LogP contribution in [0.3, 0.4) is 0 Å². The van der Waals surface area contributed by atoms with Crippen LogP contribution < -0.4 is 20.2 Å². The van der Waals surface area contributed by atoms with Gasteiger partial charge in [0.1, 0.15) is 16.4 Å². The normalized spacial score (nSPS) is 10.9. The summed E-state index contributed by atoms with van der Waals surface area (Å²) >= 11 is 7.71. The van der Waals surface area contributed by atoms with Crippen molar-refractivity contribution in [3.8, 4) is 11.5 Å². The molecule has 172 valence electrons. The topological polar surface area (TPSA) is 89.0 Å². The lowest BCUT2D eigenvalue weighted by Crippen LogP contribution is -2.18. The quantitative estimate of drug-likeness (QED) is 0.259. The number of fused-ring (bicyclic) bond motifs is 1. The zero-order valence-corrected chi connectivity index (χ0v) is 19.9.